The molecule has 0 heterocycles. The molecule has 0 aliphatic carbocycles. The quantitative estimate of drug-likeness (QED) is 0.0321. The summed E-state index contributed by atoms with van der Waals surface area (Å²) in [5.74, 6) is -0.0596. The highest BCUT2D eigenvalue weighted by Gasteiger charge is 2.20. The molecule has 0 saturated carbocycles. The first-order valence-electron chi connectivity index (χ1n) is 31.7. The lowest BCUT2D eigenvalue weighted by Crippen LogP contribution is -2.45. The number of esters is 1. The third kappa shape index (κ3) is 57.2. The maximum absolute atomic E-state index is 12.5. The van der Waals surface area contributed by atoms with E-state index < -0.39 is 12.1 Å². The predicted octanol–water partition coefficient (Wildman–Crippen LogP) is 20.0. The molecule has 0 fully saturated rings. The van der Waals surface area contributed by atoms with Gasteiger partial charge in [-0.1, -0.05) is 281 Å². The maximum Gasteiger partial charge on any atom is 0.305 e. The van der Waals surface area contributed by atoms with Gasteiger partial charge >= 0.3 is 5.97 Å². The third-order valence-electron chi connectivity index (χ3n) is 14.7. The van der Waals surface area contributed by atoms with Gasteiger partial charge in [0.05, 0.1) is 25.4 Å². The number of aliphatic hydroxyl groups is 2. The van der Waals surface area contributed by atoms with Crippen LogP contribution in [0.1, 0.15) is 341 Å². The Bertz CT molecular complexity index is 1150. The molecule has 2 unspecified atom stereocenters. The number of ether oxygens (including phenoxy) is 1. The van der Waals surface area contributed by atoms with E-state index in [4.69, 9.17) is 4.74 Å². The fraction of sp³-hybridized carbons (Fsp3) is 0.877. The monoisotopic (exact) mass is 998 g/mol. The number of nitrogens with one attached hydrogen (secondary N) is 1. The van der Waals surface area contributed by atoms with Crippen LogP contribution in [0.4, 0.5) is 0 Å². The number of allylic oxidation sites excluding steroid dienone is 6. The average molecular weight is 999 g/mol. The summed E-state index contributed by atoms with van der Waals surface area (Å²) in [4.78, 5) is 24.6. The Hall–Kier alpha value is -1.92. The molecule has 0 aromatic carbocycles. The van der Waals surface area contributed by atoms with Crippen LogP contribution in [0.2, 0.25) is 0 Å². The zero-order chi connectivity index (χ0) is 51.4. The molecule has 2 atom stereocenters. The number of hydrogen-bond acceptors (Lipinski definition) is 5. The van der Waals surface area contributed by atoms with Crippen molar-refractivity contribution in [3.63, 3.8) is 0 Å². The first-order valence-corrected chi connectivity index (χ1v) is 31.7. The molecule has 0 saturated heterocycles. The Morgan fingerprint density at radius 3 is 1.11 bits per heavy atom. The minimum atomic E-state index is -0.677. The number of rotatable bonds is 59. The summed E-state index contributed by atoms with van der Waals surface area (Å²) in [5.41, 5.74) is 0. The molecule has 1 amide bonds. The third-order valence-corrected chi connectivity index (χ3v) is 14.7. The second kappa shape index (κ2) is 60.6. The smallest absolute Gasteiger partial charge is 0.305 e. The van der Waals surface area contributed by atoms with Crippen molar-refractivity contribution in [3.8, 4) is 0 Å². The van der Waals surface area contributed by atoms with E-state index in [1.807, 2.05) is 0 Å². The van der Waals surface area contributed by atoms with Gasteiger partial charge in [0.25, 0.3) is 0 Å². The van der Waals surface area contributed by atoms with E-state index in [1.165, 1.54) is 238 Å². The summed E-state index contributed by atoms with van der Waals surface area (Å²) >= 11 is 0. The fourth-order valence-corrected chi connectivity index (χ4v) is 9.78. The van der Waals surface area contributed by atoms with Gasteiger partial charge in [-0.25, -0.2) is 0 Å². The zero-order valence-corrected chi connectivity index (χ0v) is 47.7. The van der Waals surface area contributed by atoms with Crippen LogP contribution in [0.15, 0.2) is 36.5 Å². The van der Waals surface area contributed by atoms with Crippen LogP contribution in [0, 0.1) is 0 Å². The first-order chi connectivity index (χ1) is 35.0. The van der Waals surface area contributed by atoms with Gasteiger partial charge in [0, 0.05) is 12.8 Å². The minimum Gasteiger partial charge on any atom is -0.466 e. The lowest BCUT2D eigenvalue weighted by atomic mass is 10.0. The molecule has 0 radical (unpaired) electrons. The van der Waals surface area contributed by atoms with E-state index in [2.05, 4.69) is 55.6 Å². The number of carbonyl (C=O) groups is 2. The standard InChI is InChI=1S/C65H123NO5/c1-3-5-7-9-11-13-15-17-19-21-22-23-24-26-29-33-37-41-45-49-53-57-63(68)62(61-67)66-64(69)58-54-50-46-42-38-34-30-27-28-32-36-40-44-48-52-56-60-71-65(70)59-55-51-47-43-39-35-31-25-20-18-16-14-12-10-8-6-4-2/h12,14,18,20,27,30,62-63,67-68H,3-11,13,15-17,19,21-26,28-29,31-61H2,1-2H3,(H,66,69)/b14-12-,20-18-,30-27-. The fourth-order valence-electron chi connectivity index (χ4n) is 9.78. The van der Waals surface area contributed by atoms with E-state index >= 15 is 0 Å². The Labute approximate surface area is 443 Å². The largest absolute Gasteiger partial charge is 0.466 e. The van der Waals surface area contributed by atoms with Crippen molar-refractivity contribution in [2.45, 2.75) is 353 Å². The van der Waals surface area contributed by atoms with Crippen LogP contribution in [0.5, 0.6) is 0 Å². The summed E-state index contributed by atoms with van der Waals surface area (Å²) < 4.78 is 5.48. The summed E-state index contributed by atoms with van der Waals surface area (Å²) in [6, 6.07) is -0.556. The van der Waals surface area contributed by atoms with Crippen LogP contribution in [0.25, 0.3) is 0 Å². The van der Waals surface area contributed by atoms with Gasteiger partial charge in [-0.05, 0) is 83.5 Å². The van der Waals surface area contributed by atoms with Gasteiger partial charge in [0.2, 0.25) is 5.91 Å². The van der Waals surface area contributed by atoms with Crippen LogP contribution >= 0.6 is 0 Å². The van der Waals surface area contributed by atoms with Gasteiger partial charge in [0.15, 0.2) is 0 Å². The number of amides is 1. The van der Waals surface area contributed by atoms with E-state index in [9.17, 15) is 19.8 Å². The van der Waals surface area contributed by atoms with Crippen LogP contribution < -0.4 is 5.32 Å². The van der Waals surface area contributed by atoms with Crippen molar-refractivity contribution < 1.29 is 24.5 Å². The summed E-state index contributed by atoms with van der Waals surface area (Å²) in [5, 5.41) is 23.4. The van der Waals surface area contributed by atoms with Crippen molar-refractivity contribution in [2.24, 2.45) is 0 Å². The molecule has 3 N–H and O–H groups in total. The van der Waals surface area contributed by atoms with Crippen molar-refractivity contribution in [1.29, 1.82) is 0 Å². The molecule has 418 valence electrons. The van der Waals surface area contributed by atoms with Crippen LogP contribution in [0.3, 0.4) is 0 Å². The minimum absolute atomic E-state index is 0.0100. The highest BCUT2D eigenvalue weighted by molar-refractivity contribution is 5.76. The number of aliphatic hydroxyl groups excluding tert-OH is 2. The lowest BCUT2D eigenvalue weighted by Gasteiger charge is -2.22. The van der Waals surface area contributed by atoms with Gasteiger partial charge in [-0.2, -0.15) is 0 Å². The molecule has 0 aromatic heterocycles. The van der Waals surface area contributed by atoms with Crippen molar-refractivity contribution in [2.75, 3.05) is 13.2 Å². The molecule has 0 rings (SSSR count). The summed E-state index contributed by atoms with van der Waals surface area (Å²) in [7, 11) is 0. The SMILES string of the molecule is CCCCC/C=C\C/C=C\CCCCCCCCCC(=O)OCCCCCCCCC/C=C\CCCCCCCC(=O)NC(CO)C(O)CCCCCCCCCCCCCCCCCCCCCCC. The first kappa shape index (κ1) is 69.1. The van der Waals surface area contributed by atoms with Gasteiger partial charge in [-0.3, -0.25) is 9.59 Å². The van der Waals surface area contributed by atoms with Crippen molar-refractivity contribution >= 4 is 11.9 Å². The average Bonchev–Trinajstić information content (AvgIpc) is 3.37. The molecule has 0 aliphatic rings. The molecule has 0 spiro atoms. The topological polar surface area (TPSA) is 95.9 Å². The zero-order valence-electron chi connectivity index (χ0n) is 47.7. The number of hydrogen-bond donors (Lipinski definition) is 3. The summed E-state index contributed by atoms with van der Waals surface area (Å²) in [6.07, 6.45) is 75.8. The van der Waals surface area contributed by atoms with E-state index in [0.717, 1.165) is 70.6 Å². The van der Waals surface area contributed by atoms with Gasteiger partial charge in [0.1, 0.15) is 0 Å². The Morgan fingerprint density at radius 1 is 0.394 bits per heavy atom. The summed E-state index contributed by atoms with van der Waals surface area (Å²) in [6.45, 7) is 4.92. The predicted molar refractivity (Wildman–Crippen MR) is 310 cm³/mol. The van der Waals surface area contributed by atoms with Crippen LogP contribution in [-0.2, 0) is 14.3 Å². The highest BCUT2D eigenvalue weighted by atomic mass is 16.5. The second-order valence-corrected chi connectivity index (χ2v) is 21.7. The molecule has 0 aromatic rings. The van der Waals surface area contributed by atoms with Crippen molar-refractivity contribution in [3.05, 3.63) is 36.5 Å². The van der Waals surface area contributed by atoms with E-state index in [1.54, 1.807) is 0 Å². The Balaban J connectivity index is 3.46. The maximum atomic E-state index is 12.5. The van der Waals surface area contributed by atoms with E-state index in [-0.39, 0.29) is 18.5 Å². The molecule has 0 aliphatic heterocycles. The molecule has 0 bridgehead atoms. The Morgan fingerprint density at radius 2 is 0.704 bits per heavy atom. The molecular weight excluding hydrogens is 875 g/mol. The molecule has 6 nitrogen and oxygen atoms in total. The highest BCUT2D eigenvalue weighted by Crippen LogP contribution is 2.18. The van der Waals surface area contributed by atoms with E-state index in [0.29, 0.717) is 25.9 Å². The number of unbranched alkanes of at least 4 members (excludes halogenated alkanes) is 42. The second-order valence-electron chi connectivity index (χ2n) is 21.7. The lowest BCUT2D eigenvalue weighted by molar-refractivity contribution is -0.143. The normalized spacial score (nSPS) is 12.8. The number of carbonyl (C=O) groups excluding carboxylic acids is 2. The Kier molecular flexibility index (Phi) is 59.0. The molecule has 71 heavy (non-hydrogen) atoms. The van der Waals surface area contributed by atoms with Crippen molar-refractivity contribution in [1.82, 2.24) is 5.32 Å². The van der Waals surface area contributed by atoms with Gasteiger partial charge in [-0.15, -0.1) is 0 Å². The van der Waals surface area contributed by atoms with Gasteiger partial charge < -0.3 is 20.3 Å². The molecule has 6 heteroatoms. The van der Waals surface area contributed by atoms with Crippen LogP contribution in [-0.4, -0.2) is 47.4 Å². The molecular formula is C65H123NO5.